The first kappa shape index (κ1) is 20.5. The van der Waals surface area contributed by atoms with E-state index in [4.69, 9.17) is 10.1 Å². The monoisotopic (exact) mass is 404 g/mol. The first-order valence-corrected chi connectivity index (χ1v) is 10.9. The zero-order chi connectivity index (χ0) is 21.3. The minimum Gasteiger partial charge on any atom is -0.325 e. The maximum atomic E-state index is 4.94. The number of hydrogen-bond acceptors (Lipinski definition) is 5. The Morgan fingerprint density at radius 2 is 1.77 bits per heavy atom. The number of anilines is 2. The van der Waals surface area contributed by atoms with Gasteiger partial charge >= 0.3 is 0 Å². The molecule has 0 aromatic carbocycles. The molecule has 1 aliphatic rings. The second-order valence-corrected chi connectivity index (χ2v) is 8.55. The summed E-state index contributed by atoms with van der Waals surface area (Å²) < 4.78 is 2.15. The molecule has 1 unspecified atom stereocenters. The molecular weight excluding hydrogens is 372 g/mol. The van der Waals surface area contributed by atoms with Gasteiger partial charge in [-0.3, -0.25) is 9.58 Å². The van der Waals surface area contributed by atoms with Crippen LogP contribution in [0.2, 0.25) is 0 Å². The number of aromatic nitrogens is 4. The third kappa shape index (κ3) is 4.24. The molecule has 0 bridgehead atoms. The van der Waals surface area contributed by atoms with Gasteiger partial charge in [-0.2, -0.15) is 5.10 Å². The molecule has 30 heavy (non-hydrogen) atoms. The lowest BCUT2D eigenvalue weighted by atomic mass is 10.1. The van der Waals surface area contributed by atoms with Gasteiger partial charge in [0.1, 0.15) is 11.6 Å². The van der Waals surface area contributed by atoms with Crippen LogP contribution in [0.25, 0.3) is 0 Å². The number of aryl methyl sites for hydroxylation is 2. The van der Waals surface area contributed by atoms with Crippen LogP contribution in [-0.4, -0.2) is 31.2 Å². The van der Waals surface area contributed by atoms with Crippen molar-refractivity contribution in [1.29, 1.82) is 0 Å². The highest BCUT2D eigenvalue weighted by atomic mass is 15.3. The summed E-state index contributed by atoms with van der Waals surface area (Å²) in [7, 11) is 0. The summed E-state index contributed by atoms with van der Waals surface area (Å²) in [6, 6.07) is 12.9. The van der Waals surface area contributed by atoms with Crippen LogP contribution in [0.1, 0.15) is 67.1 Å². The Labute approximate surface area is 179 Å². The number of nitrogens with zero attached hydrogens (tertiary/aromatic N) is 5. The van der Waals surface area contributed by atoms with Crippen LogP contribution in [0.15, 0.2) is 36.4 Å². The van der Waals surface area contributed by atoms with Crippen molar-refractivity contribution in [1.82, 2.24) is 24.6 Å². The van der Waals surface area contributed by atoms with Gasteiger partial charge in [0.25, 0.3) is 0 Å². The topological polar surface area (TPSA) is 58.9 Å². The van der Waals surface area contributed by atoms with Crippen molar-refractivity contribution in [2.75, 3.05) is 11.9 Å². The molecule has 4 heterocycles. The predicted molar refractivity (Wildman–Crippen MR) is 121 cm³/mol. The number of rotatable bonds is 6. The van der Waals surface area contributed by atoms with Crippen molar-refractivity contribution in [3.05, 3.63) is 64.7 Å². The van der Waals surface area contributed by atoms with E-state index >= 15 is 0 Å². The number of nitrogens with one attached hydrogen (secondary N) is 1. The molecule has 6 nitrogen and oxygen atoms in total. The highest BCUT2D eigenvalue weighted by Gasteiger charge is 2.29. The largest absolute Gasteiger partial charge is 0.325 e. The van der Waals surface area contributed by atoms with Crippen molar-refractivity contribution >= 4 is 11.6 Å². The molecule has 1 saturated heterocycles. The second-order valence-electron chi connectivity index (χ2n) is 8.55. The summed E-state index contributed by atoms with van der Waals surface area (Å²) in [6.07, 6.45) is 2.33. The lowest BCUT2D eigenvalue weighted by Crippen LogP contribution is -2.24. The highest BCUT2D eigenvalue weighted by Crippen LogP contribution is 2.34. The van der Waals surface area contributed by atoms with Crippen LogP contribution in [-0.2, 0) is 6.54 Å². The van der Waals surface area contributed by atoms with Gasteiger partial charge in [-0.15, -0.1) is 0 Å². The highest BCUT2D eigenvalue weighted by molar-refractivity contribution is 5.51. The average molecular weight is 405 g/mol. The zero-order valence-corrected chi connectivity index (χ0v) is 18.7. The van der Waals surface area contributed by atoms with Crippen LogP contribution >= 0.6 is 0 Å². The molecule has 1 fully saturated rings. The second kappa shape index (κ2) is 8.56. The van der Waals surface area contributed by atoms with Crippen LogP contribution in [0.3, 0.4) is 0 Å². The smallest absolute Gasteiger partial charge is 0.131 e. The molecule has 3 aromatic heterocycles. The van der Waals surface area contributed by atoms with Gasteiger partial charge in [0.05, 0.1) is 17.4 Å². The normalized spacial score (nSPS) is 17.1. The van der Waals surface area contributed by atoms with Crippen molar-refractivity contribution in [2.45, 2.75) is 66.1 Å². The Morgan fingerprint density at radius 1 is 1.03 bits per heavy atom. The van der Waals surface area contributed by atoms with Crippen molar-refractivity contribution in [3.63, 3.8) is 0 Å². The summed E-state index contributed by atoms with van der Waals surface area (Å²) in [5.41, 5.74) is 5.89. The molecule has 158 valence electrons. The van der Waals surface area contributed by atoms with Crippen LogP contribution in [0.4, 0.5) is 11.6 Å². The van der Waals surface area contributed by atoms with Crippen molar-refractivity contribution < 1.29 is 0 Å². The molecule has 6 heteroatoms. The third-order valence-corrected chi connectivity index (χ3v) is 5.95. The Hall–Kier alpha value is -2.73. The molecule has 1 N–H and O–H groups in total. The summed E-state index contributed by atoms with van der Waals surface area (Å²) in [5.74, 6) is 1.67. The van der Waals surface area contributed by atoms with Gasteiger partial charge in [0, 0.05) is 29.5 Å². The third-order valence-electron chi connectivity index (χ3n) is 5.95. The lowest BCUT2D eigenvalue weighted by Gasteiger charge is -2.24. The molecule has 0 radical (unpaired) electrons. The molecule has 0 amide bonds. The van der Waals surface area contributed by atoms with E-state index in [-0.39, 0.29) is 0 Å². The molecule has 0 spiro atoms. The fourth-order valence-corrected chi connectivity index (χ4v) is 4.43. The Morgan fingerprint density at radius 3 is 2.47 bits per heavy atom. The minimum absolute atomic E-state index is 0.332. The van der Waals surface area contributed by atoms with E-state index in [0.29, 0.717) is 12.1 Å². The first-order chi connectivity index (χ1) is 14.4. The van der Waals surface area contributed by atoms with Crippen LogP contribution in [0, 0.1) is 20.8 Å². The van der Waals surface area contributed by atoms with Crippen LogP contribution < -0.4 is 5.32 Å². The minimum atomic E-state index is 0.332. The van der Waals surface area contributed by atoms with Gasteiger partial charge in [0.15, 0.2) is 0 Å². The molecule has 0 aliphatic carbocycles. The fraction of sp³-hybridized carbons (Fsp3) is 0.458. The van der Waals surface area contributed by atoms with E-state index in [2.05, 4.69) is 59.7 Å². The van der Waals surface area contributed by atoms with E-state index < -0.39 is 0 Å². The number of hydrogen-bond donors (Lipinski definition) is 1. The van der Waals surface area contributed by atoms with E-state index in [1.54, 1.807) is 0 Å². The van der Waals surface area contributed by atoms with E-state index in [1.165, 1.54) is 17.7 Å². The zero-order valence-electron chi connectivity index (χ0n) is 18.7. The maximum Gasteiger partial charge on any atom is 0.131 e. The summed E-state index contributed by atoms with van der Waals surface area (Å²) in [4.78, 5) is 12.0. The van der Waals surface area contributed by atoms with Gasteiger partial charge in [-0.05, 0) is 78.3 Å². The Bertz CT molecular complexity index is 1020. The Kier molecular flexibility index (Phi) is 5.86. The van der Waals surface area contributed by atoms with Crippen molar-refractivity contribution in [3.8, 4) is 0 Å². The SMILES string of the molecule is Cc1cccc(Nc2cccc(C3CCCN3Cc3c(C)nn(C(C)C)c3C)n2)n1. The van der Waals surface area contributed by atoms with E-state index in [9.17, 15) is 0 Å². The summed E-state index contributed by atoms with van der Waals surface area (Å²) in [5, 5.41) is 8.13. The Balaban J connectivity index is 1.54. The van der Waals surface area contributed by atoms with E-state index in [0.717, 1.165) is 48.2 Å². The number of likely N-dealkylation sites (tertiary alicyclic amines) is 1. The average Bonchev–Trinajstić information content (AvgIpc) is 3.28. The van der Waals surface area contributed by atoms with Gasteiger partial charge in [-0.25, -0.2) is 9.97 Å². The van der Waals surface area contributed by atoms with Gasteiger partial charge in [-0.1, -0.05) is 12.1 Å². The summed E-state index contributed by atoms with van der Waals surface area (Å²) in [6.45, 7) is 12.7. The number of pyridine rings is 2. The predicted octanol–water partition coefficient (Wildman–Crippen LogP) is 5.26. The van der Waals surface area contributed by atoms with Crippen LogP contribution in [0.5, 0.6) is 0 Å². The van der Waals surface area contributed by atoms with E-state index in [1.807, 2.05) is 31.2 Å². The molecule has 0 saturated carbocycles. The molecule has 4 rings (SSSR count). The van der Waals surface area contributed by atoms with Gasteiger partial charge < -0.3 is 5.32 Å². The molecule has 3 aromatic rings. The lowest BCUT2D eigenvalue weighted by molar-refractivity contribution is 0.243. The standard InChI is InChI=1S/C24H32N6/c1-16(2)30-19(5)20(18(4)28-30)15-29-14-8-11-22(29)21-10-7-13-24(26-21)27-23-12-6-9-17(3)25-23/h6-7,9-10,12-13,16,22H,8,11,14-15H2,1-5H3,(H,25,26,27). The quantitative estimate of drug-likeness (QED) is 0.607. The maximum absolute atomic E-state index is 4.94. The molecule has 1 aliphatic heterocycles. The van der Waals surface area contributed by atoms with Gasteiger partial charge in [0.2, 0.25) is 0 Å². The molecule has 1 atom stereocenters. The molecular formula is C24H32N6. The first-order valence-electron chi connectivity index (χ1n) is 10.9. The summed E-state index contributed by atoms with van der Waals surface area (Å²) >= 11 is 0. The van der Waals surface area contributed by atoms with Crippen molar-refractivity contribution in [2.24, 2.45) is 0 Å². The fourth-order valence-electron chi connectivity index (χ4n) is 4.43.